The first-order valence-electron chi connectivity index (χ1n) is 8.28. The van der Waals surface area contributed by atoms with E-state index in [-0.39, 0.29) is 17.4 Å². The molecule has 0 spiro atoms. The van der Waals surface area contributed by atoms with E-state index in [0.29, 0.717) is 16.9 Å². The van der Waals surface area contributed by atoms with E-state index < -0.39 is 5.97 Å². The maximum Gasteiger partial charge on any atom is 0.337 e. The summed E-state index contributed by atoms with van der Waals surface area (Å²) in [5.41, 5.74) is 1.15. The Morgan fingerprint density at radius 2 is 2.19 bits per heavy atom. The van der Waals surface area contributed by atoms with Gasteiger partial charge >= 0.3 is 5.97 Å². The van der Waals surface area contributed by atoms with Crippen LogP contribution in [0.25, 0.3) is 10.9 Å². The van der Waals surface area contributed by atoms with Gasteiger partial charge in [-0.1, -0.05) is 0 Å². The van der Waals surface area contributed by atoms with Crippen molar-refractivity contribution in [2.24, 2.45) is 0 Å². The second kappa shape index (κ2) is 7.49. The predicted octanol–water partition coefficient (Wildman–Crippen LogP) is 3.18. The number of aromatic carboxylic acids is 1. The summed E-state index contributed by atoms with van der Waals surface area (Å²) in [5.74, 6) is -1.06. The van der Waals surface area contributed by atoms with E-state index in [9.17, 15) is 14.3 Å². The number of nitrogens with one attached hydrogen (secondary N) is 2. The molecule has 136 valence electrons. The van der Waals surface area contributed by atoms with Gasteiger partial charge < -0.3 is 15.7 Å². The Hall–Kier alpha value is -3.00. The minimum atomic E-state index is -1.08. The number of carboxylic acids is 1. The fourth-order valence-electron chi connectivity index (χ4n) is 2.83. The molecule has 0 aliphatic carbocycles. The molecule has 3 N–H and O–H groups in total. The molecule has 0 radical (unpaired) electrons. The first kappa shape index (κ1) is 17.8. The molecule has 1 atom stereocenters. The second-order valence-corrected chi connectivity index (χ2v) is 6.05. The van der Waals surface area contributed by atoms with Gasteiger partial charge in [-0.2, -0.15) is 5.10 Å². The average Bonchev–Trinajstić information content (AvgIpc) is 2.97. The third-order valence-electron chi connectivity index (χ3n) is 4.20. The van der Waals surface area contributed by atoms with Crippen molar-refractivity contribution in [3.05, 3.63) is 48.0 Å². The van der Waals surface area contributed by atoms with E-state index in [1.165, 1.54) is 30.6 Å². The van der Waals surface area contributed by atoms with Crippen LogP contribution >= 0.6 is 0 Å². The van der Waals surface area contributed by atoms with Crippen molar-refractivity contribution in [2.75, 3.05) is 18.9 Å². The lowest BCUT2D eigenvalue weighted by Gasteiger charge is -2.13. The SMILES string of the molecule is CNCC[C@H](C)n1nc(Nc2cnccc2C(=O)O)c2cc(F)ccc21. The predicted molar refractivity (Wildman–Crippen MR) is 97.4 cm³/mol. The zero-order valence-electron chi connectivity index (χ0n) is 14.5. The summed E-state index contributed by atoms with van der Waals surface area (Å²) in [7, 11) is 1.88. The lowest BCUT2D eigenvalue weighted by Crippen LogP contribution is -2.15. The largest absolute Gasteiger partial charge is 0.478 e. The van der Waals surface area contributed by atoms with Crippen molar-refractivity contribution in [2.45, 2.75) is 19.4 Å². The highest BCUT2D eigenvalue weighted by Gasteiger charge is 2.18. The smallest absolute Gasteiger partial charge is 0.337 e. The molecule has 0 saturated carbocycles. The number of carbonyl (C=O) groups is 1. The molecule has 0 aliphatic rings. The normalized spacial score (nSPS) is 12.3. The van der Waals surface area contributed by atoms with E-state index in [1.54, 1.807) is 6.07 Å². The number of fused-ring (bicyclic) bond motifs is 1. The Bertz CT molecular complexity index is 940. The van der Waals surface area contributed by atoms with E-state index in [0.717, 1.165) is 18.5 Å². The first-order chi connectivity index (χ1) is 12.5. The lowest BCUT2D eigenvalue weighted by atomic mass is 10.2. The second-order valence-electron chi connectivity index (χ2n) is 6.05. The molecular weight excluding hydrogens is 337 g/mol. The standard InChI is InChI=1S/C18H20FN5O2/c1-11(5-7-20-2)24-16-4-3-12(19)9-14(16)17(23-24)22-15-10-21-8-6-13(15)18(25)26/h3-4,6,8-11,20H,5,7H2,1-2H3,(H,22,23)(H,25,26)/t11-/m0/s1. The van der Waals surface area contributed by atoms with Gasteiger partial charge in [-0.15, -0.1) is 0 Å². The zero-order chi connectivity index (χ0) is 18.7. The Morgan fingerprint density at radius 1 is 1.38 bits per heavy atom. The summed E-state index contributed by atoms with van der Waals surface area (Å²) in [5, 5.41) is 20.6. The molecule has 0 amide bonds. The van der Waals surface area contributed by atoms with Crippen LogP contribution in [-0.2, 0) is 0 Å². The highest BCUT2D eigenvalue weighted by atomic mass is 19.1. The number of nitrogens with zero attached hydrogens (tertiary/aromatic N) is 3. The van der Waals surface area contributed by atoms with Crippen LogP contribution < -0.4 is 10.6 Å². The quantitative estimate of drug-likeness (QED) is 0.601. The summed E-state index contributed by atoms with van der Waals surface area (Å²) < 4.78 is 15.6. The molecule has 3 aromatic rings. The molecule has 0 fully saturated rings. The molecule has 1 aromatic carbocycles. The number of hydrogen-bond donors (Lipinski definition) is 3. The minimum absolute atomic E-state index is 0.0716. The Labute approximate surface area is 149 Å². The van der Waals surface area contributed by atoms with Gasteiger partial charge in [0, 0.05) is 11.6 Å². The molecule has 26 heavy (non-hydrogen) atoms. The van der Waals surface area contributed by atoms with Crippen molar-refractivity contribution in [3.8, 4) is 0 Å². The van der Waals surface area contributed by atoms with E-state index in [2.05, 4.69) is 20.7 Å². The van der Waals surface area contributed by atoms with Crippen molar-refractivity contribution < 1.29 is 14.3 Å². The first-order valence-corrected chi connectivity index (χ1v) is 8.28. The van der Waals surface area contributed by atoms with Gasteiger partial charge in [0.05, 0.1) is 29.0 Å². The van der Waals surface area contributed by atoms with E-state index in [4.69, 9.17) is 0 Å². The van der Waals surface area contributed by atoms with Crippen molar-refractivity contribution in [1.82, 2.24) is 20.1 Å². The molecule has 0 unspecified atom stereocenters. The molecule has 3 rings (SSSR count). The third kappa shape index (κ3) is 3.50. The molecule has 0 aliphatic heterocycles. The number of halogens is 1. The highest BCUT2D eigenvalue weighted by molar-refractivity contribution is 5.97. The third-order valence-corrected chi connectivity index (χ3v) is 4.20. The van der Waals surface area contributed by atoms with E-state index in [1.807, 2.05) is 18.7 Å². The van der Waals surface area contributed by atoms with Crippen LogP contribution in [0.1, 0.15) is 29.7 Å². The molecule has 7 nitrogen and oxygen atoms in total. The number of benzene rings is 1. The molecule has 2 heterocycles. The molecule has 0 saturated heterocycles. The van der Waals surface area contributed by atoms with Crippen LogP contribution in [0, 0.1) is 5.82 Å². The monoisotopic (exact) mass is 357 g/mol. The van der Waals surface area contributed by atoms with Crippen LogP contribution in [0.3, 0.4) is 0 Å². The van der Waals surface area contributed by atoms with Gasteiger partial charge in [-0.25, -0.2) is 9.18 Å². The number of pyridine rings is 1. The fraction of sp³-hybridized carbons (Fsp3) is 0.278. The number of hydrogen-bond acceptors (Lipinski definition) is 5. The van der Waals surface area contributed by atoms with Crippen LogP contribution in [0.2, 0.25) is 0 Å². The molecule has 8 heteroatoms. The molecular formula is C18H20FN5O2. The van der Waals surface area contributed by atoms with Crippen molar-refractivity contribution >= 4 is 28.4 Å². The average molecular weight is 357 g/mol. The lowest BCUT2D eigenvalue weighted by molar-refractivity contribution is 0.0698. The molecule has 0 bridgehead atoms. The Balaban J connectivity index is 2.06. The fourth-order valence-corrected chi connectivity index (χ4v) is 2.83. The summed E-state index contributed by atoms with van der Waals surface area (Å²) in [4.78, 5) is 15.4. The van der Waals surface area contributed by atoms with Crippen LogP contribution in [0.15, 0.2) is 36.7 Å². The van der Waals surface area contributed by atoms with E-state index >= 15 is 0 Å². The van der Waals surface area contributed by atoms with Gasteiger partial charge in [-0.3, -0.25) is 9.67 Å². The van der Waals surface area contributed by atoms with Crippen molar-refractivity contribution in [1.29, 1.82) is 0 Å². The van der Waals surface area contributed by atoms with Gasteiger partial charge in [0.2, 0.25) is 0 Å². The van der Waals surface area contributed by atoms with Gasteiger partial charge in [0.25, 0.3) is 0 Å². The Kier molecular flexibility index (Phi) is 5.13. The number of rotatable bonds is 7. The Morgan fingerprint density at radius 3 is 2.92 bits per heavy atom. The maximum atomic E-state index is 13.8. The topological polar surface area (TPSA) is 92.1 Å². The zero-order valence-corrected chi connectivity index (χ0v) is 14.5. The van der Waals surface area contributed by atoms with Crippen LogP contribution in [0.5, 0.6) is 0 Å². The maximum absolute atomic E-state index is 13.8. The number of aromatic nitrogens is 3. The molecule has 2 aromatic heterocycles. The van der Waals surface area contributed by atoms with Gasteiger partial charge in [-0.05, 0) is 51.2 Å². The minimum Gasteiger partial charge on any atom is -0.478 e. The van der Waals surface area contributed by atoms with Crippen LogP contribution in [0.4, 0.5) is 15.9 Å². The van der Waals surface area contributed by atoms with Gasteiger partial charge in [0.1, 0.15) is 5.82 Å². The summed E-state index contributed by atoms with van der Waals surface area (Å²) in [6, 6.07) is 5.95. The van der Waals surface area contributed by atoms with Gasteiger partial charge in [0.15, 0.2) is 5.82 Å². The summed E-state index contributed by atoms with van der Waals surface area (Å²) >= 11 is 0. The van der Waals surface area contributed by atoms with Crippen LogP contribution in [-0.4, -0.2) is 39.4 Å². The number of anilines is 2. The summed E-state index contributed by atoms with van der Waals surface area (Å²) in [6.07, 6.45) is 3.67. The highest BCUT2D eigenvalue weighted by Crippen LogP contribution is 2.30. The summed E-state index contributed by atoms with van der Waals surface area (Å²) in [6.45, 7) is 2.85. The number of carboxylic acid groups (broad SMARTS) is 1. The van der Waals surface area contributed by atoms with Crippen molar-refractivity contribution in [3.63, 3.8) is 0 Å².